The molecule has 5 heteroatoms. The van der Waals surface area contributed by atoms with Crippen LogP contribution in [0.5, 0.6) is 0 Å². The highest BCUT2D eigenvalue weighted by Gasteiger charge is 2.31. The molecule has 1 aromatic heterocycles. The number of hydrogen-bond acceptors (Lipinski definition) is 4. The van der Waals surface area contributed by atoms with Crippen LogP contribution in [-0.2, 0) is 11.3 Å². The van der Waals surface area contributed by atoms with Crippen molar-refractivity contribution < 1.29 is 4.74 Å². The molecule has 0 amide bonds. The number of methoxy groups -OCH3 is 1. The molecule has 0 unspecified atom stereocenters. The normalized spacial score (nSPS) is 18.3. The maximum absolute atomic E-state index is 6.08. The van der Waals surface area contributed by atoms with Crippen LogP contribution in [0.15, 0.2) is 6.07 Å². The molecule has 4 nitrogen and oxygen atoms in total. The fourth-order valence-corrected chi connectivity index (χ4v) is 3.17. The Bertz CT molecular complexity index is 439. The average molecular weight is 298 g/mol. The van der Waals surface area contributed by atoms with Crippen molar-refractivity contribution in [2.24, 2.45) is 5.41 Å². The molecule has 0 atom stereocenters. The first-order valence-electron chi connectivity index (χ1n) is 7.40. The topological polar surface area (TPSA) is 38.2 Å². The Labute approximate surface area is 126 Å². The molecule has 1 fully saturated rings. The minimum atomic E-state index is 0.398. The maximum atomic E-state index is 6.08. The van der Waals surface area contributed by atoms with E-state index in [9.17, 15) is 0 Å². The summed E-state index contributed by atoms with van der Waals surface area (Å²) in [6, 6.07) is 1.85. The summed E-state index contributed by atoms with van der Waals surface area (Å²) < 4.78 is 5.09. The van der Waals surface area contributed by atoms with Gasteiger partial charge in [-0.25, -0.2) is 9.97 Å². The number of nitrogens with zero attached hydrogens (tertiary/aromatic N) is 3. The van der Waals surface area contributed by atoms with Gasteiger partial charge in [0.25, 0.3) is 0 Å². The van der Waals surface area contributed by atoms with Crippen LogP contribution in [0.1, 0.15) is 45.4 Å². The standard InChI is InChI=1S/C15H24ClN3O/c1-4-15(5-2)6-8-19(9-7-15)14-10-12(16)17-13(18-14)11-20-3/h10H,4-9,11H2,1-3H3. The Balaban J connectivity index is 2.10. The van der Waals surface area contributed by atoms with Crippen LogP contribution in [0.2, 0.25) is 5.15 Å². The highest BCUT2D eigenvalue weighted by Crippen LogP contribution is 2.38. The minimum absolute atomic E-state index is 0.398. The monoisotopic (exact) mass is 297 g/mol. The number of anilines is 1. The smallest absolute Gasteiger partial charge is 0.158 e. The molecule has 1 saturated heterocycles. The lowest BCUT2D eigenvalue weighted by Gasteiger charge is -2.41. The number of piperidine rings is 1. The third-order valence-corrected chi connectivity index (χ3v) is 4.84. The molecule has 0 radical (unpaired) electrons. The zero-order valence-electron chi connectivity index (χ0n) is 12.7. The predicted molar refractivity (Wildman–Crippen MR) is 82.2 cm³/mol. The Kier molecular flexibility index (Phi) is 5.22. The van der Waals surface area contributed by atoms with E-state index in [1.54, 1.807) is 7.11 Å². The van der Waals surface area contributed by atoms with Gasteiger partial charge in [0.1, 0.15) is 17.6 Å². The summed E-state index contributed by atoms with van der Waals surface area (Å²) in [5.41, 5.74) is 0.517. The molecule has 0 bridgehead atoms. The summed E-state index contributed by atoms with van der Waals surface area (Å²) in [6.07, 6.45) is 4.97. The van der Waals surface area contributed by atoms with Gasteiger partial charge >= 0.3 is 0 Å². The van der Waals surface area contributed by atoms with E-state index in [-0.39, 0.29) is 0 Å². The molecule has 0 saturated carbocycles. The van der Waals surface area contributed by atoms with Crippen LogP contribution < -0.4 is 4.90 Å². The number of aromatic nitrogens is 2. The lowest BCUT2D eigenvalue weighted by molar-refractivity contribution is 0.177. The Morgan fingerprint density at radius 3 is 2.45 bits per heavy atom. The number of hydrogen-bond donors (Lipinski definition) is 0. The Morgan fingerprint density at radius 1 is 1.25 bits per heavy atom. The van der Waals surface area contributed by atoms with E-state index in [2.05, 4.69) is 28.7 Å². The quantitative estimate of drug-likeness (QED) is 0.777. The van der Waals surface area contributed by atoms with Gasteiger partial charge in [-0.15, -0.1) is 0 Å². The van der Waals surface area contributed by atoms with E-state index < -0.39 is 0 Å². The fourth-order valence-electron chi connectivity index (χ4n) is 2.97. The molecular formula is C15H24ClN3O. The predicted octanol–water partition coefficient (Wildman–Crippen LogP) is 3.68. The number of rotatable bonds is 5. The second-order valence-electron chi connectivity index (χ2n) is 5.59. The van der Waals surface area contributed by atoms with E-state index in [0.717, 1.165) is 18.9 Å². The summed E-state index contributed by atoms with van der Waals surface area (Å²) in [7, 11) is 1.64. The van der Waals surface area contributed by atoms with E-state index in [4.69, 9.17) is 16.3 Å². The number of halogens is 1. The maximum Gasteiger partial charge on any atom is 0.158 e. The van der Waals surface area contributed by atoms with Crippen molar-refractivity contribution >= 4 is 17.4 Å². The molecule has 1 aliphatic heterocycles. The van der Waals surface area contributed by atoms with Crippen LogP contribution in [-0.4, -0.2) is 30.2 Å². The molecule has 0 aromatic carbocycles. The van der Waals surface area contributed by atoms with Gasteiger partial charge in [-0.1, -0.05) is 38.3 Å². The van der Waals surface area contributed by atoms with Gasteiger partial charge in [-0.2, -0.15) is 0 Å². The van der Waals surface area contributed by atoms with Crippen molar-refractivity contribution in [2.75, 3.05) is 25.1 Å². The highest BCUT2D eigenvalue weighted by molar-refractivity contribution is 6.29. The molecule has 0 N–H and O–H groups in total. The van der Waals surface area contributed by atoms with Crippen LogP contribution in [0, 0.1) is 5.41 Å². The molecule has 1 aromatic rings. The minimum Gasteiger partial charge on any atom is -0.377 e. The van der Waals surface area contributed by atoms with Crippen LogP contribution in [0.25, 0.3) is 0 Å². The summed E-state index contributed by atoms with van der Waals surface area (Å²) >= 11 is 6.08. The first-order chi connectivity index (χ1) is 9.62. The SMILES string of the molecule is CCC1(CC)CCN(c2cc(Cl)nc(COC)n2)CC1. The van der Waals surface area contributed by atoms with E-state index in [1.807, 2.05) is 6.07 Å². The molecule has 0 aliphatic carbocycles. The van der Waals surface area contributed by atoms with Gasteiger partial charge in [-0.3, -0.25) is 0 Å². The van der Waals surface area contributed by atoms with Gasteiger partial charge < -0.3 is 9.64 Å². The fraction of sp³-hybridized carbons (Fsp3) is 0.733. The van der Waals surface area contributed by atoms with Crippen molar-refractivity contribution in [3.8, 4) is 0 Å². The van der Waals surface area contributed by atoms with Crippen molar-refractivity contribution in [3.63, 3.8) is 0 Å². The van der Waals surface area contributed by atoms with Crippen molar-refractivity contribution in [1.29, 1.82) is 0 Å². The summed E-state index contributed by atoms with van der Waals surface area (Å²) in [5.74, 6) is 1.58. The lowest BCUT2D eigenvalue weighted by Crippen LogP contribution is -2.40. The molecule has 2 heterocycles. The third-order valence-electron chi connectivity index (χ3n) is 4.65. The first kappa shape index (κ1) is 15.5. The zero-order chi connectivity index (χ0) is 14.6. The van der Waals surface area contributed by atoms with Crippen LogP contribution >= 0.6 is 11.6 Å². The van der Waals surface area contributed by atoms with Crippen molar-refractivity contribution in [3.05, 3.63) is 17.0 Å². The Hall–Kier alpha value is -0.870. The number of ether oxygens (including phenoxy) is 1. The third kappa shape index (κ3) is 3.41. The molecule has 112 valence electrons. The first-order valence-corrected chi connectivity index (χ1v) is 7.77. The molecular weight excluding hydrogens is 274 g/mol. The van der Waals surface area contributed by atoms with Crippen LogP contribution in [0.3, 0.4) is 0 Å². The highest BCUT2D eigenvalue weighted by atomic mass is 35.5. The second kappa shape index (κ2) is 6.72. The van der Waals surface area contributed by atoms with Crippen molar-refractivity contribution in [2.45, 2.75) is 46.1 Å². The van der Waals surface area contributed by atoms with E-state index in [0.29, 0.717) is 23.0 Å². The Morgan fingerprint density at radius 2 is 1.90 bits per heavy atom. The van der Waals surface area contributed by atoms with Gasteiger partial charge in [0.05, 0.1) is 0 Å². The van der Waals surface area contributed by atoms with Gasteiger partial charge in [-0.05, 0) is 18.3 Å². The van der Waals surface area contributed by atoms with Gasteiger partial charge in [0.15, 0.2) is 5.82 Å². The second-order valence-corrected chi connectivity index (χ2v) is 5.98. The van der Waals surface area contributed by atoms with E-state index >= 15 is 0 Å². The van der Waals surface area contributed by atoms with Crippen LogP contribution in [0.4, 0.5) is 5.82 Å². The lowest BCUT2D eigenvalue weighted by atomic mass is 9.74. The largest absolute Gasteiger partial charge is 0.377 e. The summed E-state index contributed by atoms with van der Waals surface area (Å²) in [6.45, 7) is 7.09. The zero-order valence-corrected chi connectivity index (χ0v) is 13.4. The molecule has 20 heavy (non-hydrogen) atoms. The molecule has 1 aliphatic rings. The van der Waals surface area contributed by atoms with Gasteiger partial charge in [0.2, 0.25) is 0 Å². The summed E-state index contributed by atoms with van der Waals surface area (Å²) in [5, 5.41) is 0.491. The summed E-state index contributed by atoms with van der Waals surface area (Å²) in [4.78, 5) is 11.0. The molecule has 2 rings (SSSR count). The van der Waals surface area contributed by atoms with E-state index in [1.165, 1.54) is 25.7 Å². The molecule has 0 spiro atoms. The average Bonchev–Trinajstić information content (AvgIpc) is 2.47. The van der Waals surface area contributed by atoms with Gasteiger partial charge in [0, 0.05) is 26.3 Å². The van der Waals surface area contributed by atoms with Crippen molar-refractivity contribution in [1.82, 2.24) is 9.97 Å².